The van der Waals surface area contributed by atoms with Gasteiger partial charge in [0.2, 0.25) is 0 Å². The Balaban J connectivity index is 2.15. The maximum Gasteiger partial charge on any atom is 0.137 e. The fourth-order valence-electron chi connectivity index (χ4n) is 1.96. The van der Waals surface area contributed by atoms with E-state index in [1.54, 1.807) is 19.2 Å². The van der Waals surface area contributed by atoms with Gasteiger partial charge in [-0.3, -0.25) is 0 Å². The van der Waals surface area contributed by atoms with E-state index >= 15 is 0 Å². The number of benzene rings is 2. The number of hydrogen-bond acceptors (Lipinski definition) is 2. The molecule has 1 atom stereocenters. The van der Waals surface area contributed by atoms with Crippen molar-refractivity contribution in [3.05, 3.63) is 69.4 Å². The predicted molar refractivity (Wildman–Crippen MR) is 80.2 cm³/mol. The first-order chi connectivity index (χ1) is 9.61. The average Bonchev–Trinajstić information content (AvgIpc) is 2.48. The zero-order valence-corrected chi connectivity index (χ0v) is 12.7. The summed E-state index contributed by atoms with van der Waals surface area (Å²) in [5.41, 5.74) is 2.42. The Kier molecular flexibility index (Phi) is 5.29. The highest BCUT2D eigenvalue weighted by molar-refractivity contribution is 9.10. The molecule has 2 nitrogen and oxygen atoms in total. The van der Waals surface area contributed by atoms with E-state index in [1.165, 1.54) is 6.07 Å². The Hall–Kier alpha value is -1.23. The van der Waals surface area contributed by atoms with Crippen molar-refractivity contribution in [1.82, 2.24) is 0 Å². The van der Waals surface area contributed by atoms with Crippen LogP contribution in [0.5, 0.6) is 0 Å². The van der Waals surface area contributed by atoms with Crippen LogP contribution in [0.3, 0.4) is 0 Å². The lowest BCUT2D eigenvalue weighted by molar-refractivity contribution is 0.202. The number of aliphatic hydroxyl groups is 1. The minimum absolute atomic E-state index is 0.377. The fourth-order valence-corrected chi connectivity index (χ4v) is 2.21. The SMILES string of the molecule is COCCc1ccc(C(O)c2ccc(Br)c(F)c2)cc1. The van der Waals surface area contributed by atoms with Crippen molar-refractivity contribution >= 4 is 15.9 Å². The molecular weight excluding hydrogens is 323 g/mol. The van der Waals surface area contributed by atoms with Crippen molar-refractivity contribution in [2.75, 3.05) is 13.7 Å². The van der Waals surface area contributed by atoms with Gasteiger partial charge in [-0.05, 0) is 51.2 Å². The van der Waals surface area contributed by atoms with Crippen LogP contribution in [0.25, 0.3) is 0 Å². The van der Waals surface area contributed by atoms with Gasteiger partial charge in [-0.1, -0.05) is 30.3 Å². The molecule has 106 valence electrons. The highest BCUT2D eigenvalue weighted by Crippen LogP contribution is 2.25. The average molecular weight is 339 g/mol. The molecule has 2 aromatic carbocycles. The van der Waals surface area contributed by atoms with Gasteiger partial charge in [-0.2, -0.15) is 0 Å². The second-order valence-electron chi connectivity index (χ2n) is 4.56. The van der Waals surface area contributed by atoms with E-state index in [0.29, 0.717) is 16.6 Å². The van der Waals surface area contributed by atoms with Gasteiger partial charge in [0.05, 0.1) is 11.1 Å². The summed E-state index contributed by atoms with van der Waals surface area (Å²) in [5, 5.41) is 10.3. The molecule has 2 rings (SSSR count). The van der Waals surface area contributed by atoms with E-state index in [0.717, 1.165) is 17.5 Å². The summed E-state index contributed by atoms with van der Waals surface area (Å²) in [6, 6.07) is 12.3. The summed E-state index contributed by atoms with van der Waals surface area (Å²) < 4.78 is 18.9. The van der Waals surface area contributed by atoms with E-state index in [9.17, 15) is 9.50 Å². The molecule has 0 aliphatic heterocycles. The minimum Gasteiger partial charge on any atom is -0.384 e. The van der Waals surface area contributed by atoms with Crippen LogP contribution >= 0.6 is 15.9 Å². The van der Waals surface area contributed by atoms with Crippen LogP contribution in [-0.2, 0) is 11.2 Å². The second-order valence-corrected chi connectivity index (χ2v) is 5.41. The normalized spacial score (nSPS) is 12.4. The molecule has 0 spiro atoms. The monoisotopic (exact) mass is 338 g/mol. The molecule has 0 saturated heterocycles. The van der Waals surface area contributed by atoms with Gasteiger partial charge in [-0.25, -0.2) is 4.39 Å². The molecule has 0 fully saturated rings. The standard InChI is InChI=1S/C16H16BrFO2/c1-20-9-8-11-2-4-12(5-3-11)16(19)13-6-7-14(17)15(18)10-13/h2-7,10,16,19H,8-9H2,1H3. The quantitative estimate of drug-likeness (QED) is 0.896. The molecule has 1 unspecified atom stereocenters. The third-order valence-electron chi connectivity index (χ3n) is 3.15. The zero-order valence-electron chi connectivity index (χ0n) is 11.1. The van der Waals surface area contributed by atoms with E-state index in [1.807, 2.05) is 24.3 Å². The molecule has 0 amide bonds. The Bertz CT molecular complexity index is 569. The molecule has 0 saturated carbocycles. The maximum atomic E-state index is 13.5. The molecule has 0 heterocycles. The molecule has 0 aliphatic carbocycles. The molecule has 0 radical (unpaired) electrons. The van der Waals surface area contributed by atoms with Crippen molar-refractivity contribution in [3.8, 4) is 0 Å². The van der Waals surface area contributed by atoms with Gasteiger partial charge in [0.25, 0.3) is 0 Å². The summed E-state index contributed by atoms with van der Waals surface area (Å²) >= 11 is 3.10. The third kappa shape index (κ3) is 3.66. The van der Waals surface area contributed by atoms with Crippen molar-refractivity contribution in [3.63, 3.8) is 0 Å². The Morgan fingerprint density at radius 3 is 2.40 bits per heavy atom. The van der Waals surface area contributed by atoms with Crippen molar-refractivity contribution in [1.29, 1.82) is 0 Å². The number of aliphatic hydroxyl groups excluding tert-OH is 1. The lowest BCUT2D eigenvalue weighted by Crippen LogP contribution is -2.01. The smallest absolute Gasteiger partial charge is 0.137 e. The zero-order chi connectivity index (χ0) is 14.5. The number of hydrogen-bond donors (Lipinski definition) is 1. The van der Waals surface area contributed by atoms with Gasteiger partial charge >= 0.3 is 0 Å². The first-order valence-corrected chi connectivity index (χ1v) is 7.12. The summed E-state index contributed by atoms with van der Waals surface area (Å²) in [6.45, 7) is 0.666. The third-order valence-corrected chi connectivity index (χ3v) is 3.79. The van der Waals surface area contributed by atoms with E-state index in [4.69, 9.17) is 4.74 Å². The molecule has 1 N–H and O–H groups in total. The van der Waals surface area contributed by atoms with Gasteiger partial charge in [-0.15, -0.1) is 0 Å². The van der Waals surface area contributed by atoms with E-state index < -0.39 is 6.10 Å². The van der Waals surface area contributed by atoms with Crippen LogP contribution in [0.15, 0.2) is 46.9 Å². The number of ether oxygens (including phenoxy) is 1. The molecule has 2 aromatic rings. The Labute approximate surface area is 126 Å². The summed E-state index contributed by atoms with van der Waals surface area (Å²) in [6.07, 6.45) is 0.00819. The van der Waals surface area contributed by atoms with Crippen LogP contribution in [-0.4, -0.2) is 18.8 Å². The Morgan fingerprint density at radius 1 is 1.15 bits per heavy atom. The highest BCUT2D eigenvalue weighted by atomic mass is 79.9. The highest BCUT2D eigenvalue weighted by Gasteiger charge is 2.12. The van der Waals surface area contributed by atoms with Gasteiger partial charge in [0, 0.05) is 7.11 Å². The second kappa shape index (κ2) is 6.97. The molecule has 0 aromatic heterocycles. The van der Waals surface area contributed by atoms with Gasteiger partial charge in [0.1, 0.15) is 11.9 Å². The molecule has 4 heteroatoms. The lowest BCUT2D eigenvalue weighted by atomic mass is 10.00. The van der Waals surface area contributed by atoms with Crippen molar-refractivity contribution < 1.29 is 14.2 Å². The lowest BCUT2D eigenvalue weighted by Gasteiger charge is -2.12. The first-order valence-electron chi connectivity index (χ1n) is 6.32. The topological polar surface area (TPSA) is 29.5 Å². The summed E-state index contributed by atoms with van der Waals surface area (Å²) in [5.74, 6) is -0.377. The number of halogens is 2. The largest absolute Gasteiger partial charge is 0.384 e. The van der Waals surface area contributed by atoms with E-state index in [-0.39, 0.29) is 5.82 Å². The fraction of sp³-hybridized carbons (Fsp3) is 0.250. The van der Waals surface area contributed by atoms with Crippen LogP contribution in [0.4, 0.5) is 4.39 Å². The van der Waals surface area contributed by atoms with Crippen LogP contribution in [0.2, 0.25) is 0 Å². The first kappa shape index (κ1) is 15.2. The number of methoxy groups -OCH3 is 1. The van der Waals surface area contributed by atoms with Crippen LogP contribution in [0, 0.1) is 5.82 Å². The Morgan fingerprint density at radius 2 is 1.80 bits per heavy atom. The maximum absolute atomic E-state index is 13.5. The molecule has 20 heavy (non-hydrogen) atoms. The molecule has 0 aliphatic rings. The van der Waals surface area contributed by atoms with Crippen LogP contribution < -0.4 is 0 Å². The minimum atomic E-state index is -0.825. The van der Waals surface area contributed by atoms with Crippen LogP contribution in [0.1, 0.15) is 22.8 Å². The predicted octanol–water partition coefficient (Wildman–Crippen LogP) is 3.86. The van der Waals surface area contributed by atoms with Crippen molar-refractivity contribution in [2.24, 2.45) is 0 Å². The summed E-state index contributed by atoms with van der Waals surface area (Å²) in [4.78, 5) is 0. The van der Waals surface area contributed by atoms with Gasteiger partial charge in [0.15, 0.2) is 0 Å². The molecule has 0 bridgehead atoms. The number of rotatable bonds is 5. The molecular formula is C16H16BrFO2. The van der Waals surface area contributed by atoms with Gasteiger partial charge < -0.3 is 9.84 Å². The van der Waals surface area contributed by atoms with Crippen molar-refractivity contribution in [2.45, 2.75) is 12.5 Å². The van der Waals surface area contributed by atoms with E-state index in [2.05, 4.69) is 15.9 Å². The summed E-state index contributed by atoms with van der Waals surface area (Å²) in [7, 11) is 1.67.